The van der Waals surface area contributed by atoms with Gasteiger partial charge in [0.05, 0.1) is 10.2 Å². The fraction of sp³-hybridized carbons (Fsp3) is 0.364. The van der Waals surface area contributed by atoms with E-state index in [0.717, 1.165) is 41.7 Å². The zero-order valence-electron chi connectivity index (χ0n) is 16.7. The minimum absolute atomic E-state index is 0.190. The molecule has 29 heavy (non-hydrogen) atoms. The summed E-state index contributed by atoms with van der Waals surface area (Å²) in [7, 11) is 0. The van der Waals surface area contributed by atoms with Gasteiger partial charge in [-0.15, -0.1) is 11.8 Å². The molecule has 0 bridgehead atoms. The summed E-state index contributed by atoms with van der Waals surface area (Å²) < 4.78 is 14.2. The standard InChI is InChI=1S/C22H24FN3OS2/c1-15-3-4-16(2)21-20(15)24-22(29-21)26-12-10-25(11-13-26)19(27)9-14-28-18-7-5-17(23)6-8-18/h3-8H,9-14H2,1-2H3. The van der Waals surface area contributed by atoms with Crippen molar-refractivity contribution < 1.29 is 9.18 Å². The van der Waals surface area contributed by atoms with E-state index in [0.29, 0.717) is 12.2 Å². The van der Waals surface area contributed by atoms with Crippen LogP contribution in [0.3, 0.4) is 0 Å². The van der Waals surface area contributed by atoms with E-state index >= 15 is 0 Å². The summed E-state index contributed by atoms with van der Waals surface area (Å²) in [5, 5.41) is 1.05. The zero-order valence-corrected chi connectivity index (χ0v) is 18.3. The van der Waals surface area contributed by atoms with Crippen molar-refractivity contribution in [3.8, 4) is 0 Å². The Labute approximate surface area is 178 Å². The molecule has 1 aliphatic rings. The van der Waals surface area contributed by atoms with Gasteiger partial charge >= 0.3 is 0 Å². The van der Waals surface area contributed by atoms with Crippen LogP contribution in [0, 0.1) is 19.7 Å². The third-order valence-corrected chi connectivity index (χ3v) is 7.50. The number of benzene rings is 2. The number of nitrogens with zero attached hydrogens (tertiary/aromatic N) is 3. The highest BCUT2D eigenvalue weighted by molar-refractivity contribution is 7.99. The fourth-order valence-corrected chi connectivity index (χ4v) is 5.48. The van der Waals surface area contributed by atoms with Gasteiger partial charge in [0, 0.05) is 43.2 Å². The first kappa shape index (κ1) is 20.2. The van der Waals surface area contributed by atoms with Gasteiger partial charge in [-0.3, -0.25) is 4.79 Å². The van der Waals surface area contributed by atoms with E-state index in [2.05, 4.69) is 30.9 Å². The molecule has 0 N–H and O–H groups in total. The molecule has 1 aromatic heterocycles. The number of piperazine rings is 1. The van der Waals surface area contributed by atoms with Crippen LogP contribution in [-0.2, 0) is 4.79 Å². The number of amides is 1. The molecule has 0 unspecified atom stereocenters. The Morgan fingerprint density at radius 1 is 1.07 bits per heavy atom. The zero-order chi connectivity index (χ0) is 20.4. The SMILES string of the molecule is Cc1ccc(C)c2sc(N3CCN(C(=O)CCSc4ccc(F)cc4)CC3)nc12. The largest absolute Gasteiger partial charge is 0.345 e. The molecule has 1 saturated heterocycles. The van der Waals surface area contributed by atoms with E-state index in [1.165, 1.54) is 28.0 Å². The molecule has 3 aromatic rings. The number of halogens is 1. The van der Waals surface area contributed by atoms with Gasteiger partial charge in [-0.1, -0.05) is 23.5 Å². The smallest absolute Gasteiger partial charge is 0.223 e. The number of carbonyl (C=O) groups excluding carboxylic acids is 1. The van der Waals surface area contributed by atoms with Gasteiger partial charge in [-0.25, -0.2) is 9.37 Å². The van der Waals surface area contributed by atoms with E-state index in [-0.39, 0.29) is 11.7 Å². The number of fused-ring (bicyclic) bond motifs is 1. The van der Waals surface area contributed by atoms with Crippen LogP contribution in [0.1, 0.15) is 17.5 Å². The molecule has 4 rings (SSSR count). The maximum atomic E-state index is 13.0. The van der Waals surface area contributed by atoms with Gasteiger partial charge < -0.3 is 9.80 Å². The van der Waals surface area contributed by atoms with Crippen LogP contribution in [0.15, 0.2) is 41.3 Å². The summed E-state index contributed by atoms with van der Waals surface area (Å²) in [6.45, 7) is 7.32. The number of aryl methyl sites for hydroxylation is 2. The average molecular weight is 430 g/mol. The lowest BCUT2D eigenvalue weighted by Crippen LogP contribution is -2.48. The number of carbonyl (C=O) groups is 1. The summed E-state index contributed by atoms with van der Waals surface area (Å²) in [6.07, 6.45) is 0.502. The van der Waals surface area contributed by atoms with Crippen LogP contribution < -0.4 is 4.90 Å². The van der Waals surface area contributed by atoms with Crippen LogP contribution in [-0.4, -0.2) is 47.7 Å². The Kier molecular flexibility index (Phi) is 6.06. The molecule has 1 aliphatic heterocycles. The van der Waals surface area contributed by atoms with Gasteiger partial charge in [-0.2, -0.15) is 0 Å². The van der Waals surface area contributed by atoms with Gasteiger partial charge in [0.2, 0.25) is 5.91 Å². The van der Waals surface area contributed by atoms with Crippen LogP contribution in [0.25, 0.3) is 10.2 Å². The Morgan fingerprint density at radius 2 is 1.76 bits per heavy atom. The van der Waals surface area contributed by atoms with Crippen molar-refractivity contribution >= 4 is 44.4 Å². The Bertz CT molecular complexity index is 972. The maximum absolute atomic E-state index is 13.0. The second-order valence-electron chi connectivity index (χ2n) is 7.29. The first-order valence-electron chi connectivity index (χ1n) is 9.79. The van der Waals surface area contributed by atoms with Crippen LogP contribution >= 0.6 is 23.1 Å². The quantitative estimate of drug-likeness (QED) is 0.542. The van der Waals surface area contributed by atoms with Crippen molar-refractivity contribution in [2.45, 2.75) is 25.2 Å². The molecule has 0 spiro atoms. The highest BCUT2D eigenvalue weighted by Gasteiger charge is 2.23. The number of rotatable bonds is 5. The van der Waals surface area contributed by atoms with Gasteiger partial charge in [-0.05, 0) is 49.2 Å². The minimum atomic E-state index is -0.234. The van der Waals surface area contributed by atoms with Crippen molar-refractivity contribution in [1.82, 2.24) is 9.88 Å². The number of hydrogen-bond acceptors (Lipinski definition) is 5. The molecule has 1 amide bonds. The highest BCUT2D eigenvalue weighted by atomic mass is 32.2. The Balaban J connectivity index is 1.30. The summed E-state index contributed by atoms with van der Waals surface area (Å²) in [5.41, 5.74) is 3.57. The molecule has 7 heteroatoms. The predicted octanol–water partition coefficient (Wildman–Crippen LogP) is 4.88. The molecule has 152 valence electrons. The molecule has 1 fully saturated rings. The second kappa shape index (κ2) is 8.71. The maximum Gasteiger partial charge on any atom is 0.223 e. The van der Waals surface area contributed by atoms with Gasteiger partial charge in [0.15, 0.2) is 5.13 Å². The summed E-state index contributed by atoms with van der Waals surface area (Å²) >= 11 is 3.34. The molecule has 2 aromatic carbocycles. The topological polar surface area (TPSA) is 36.4 Å². The first-order valence-corrected chi connectivity index (χ1v) is 11.6. The average Bonchev–Trinajstić information content (AvgIpc) is 3.19. The molecule has 0 saturated carbocycles. The van der Waals surface area contributed by atoms with Gasteiger partial charge in [0.1, 0.15) is 5.82 Å². The summed E-state index contributed by atoms with van der Waals surface area (Å²) in [5.74, 6) is 0.665. The molecule has 0 aliphatic carbocycles. The fourth-order valence-electron chi connectivity index (χ4n) is 3.48. The number of aromatic nitrogens is 1. The van der Waals surface area contributed by atoms with Gasteiger partial charge in [0.25, 0.3) is 0 Å². The summed E-state index contributed by atoms with van der Waals surface area (Å²) in [6, 6.07) is 10.7. The van der Waals surface area contributed by atoms with Crippen molar-refractivity contribution in [3.63, 3.8) is 0 Å². The molecule has 4 nitrogen and oxygen atoms in total. The number of thioether (sulfide) groups is 1. The molecular weight excluding hydrogens is 405 g/mol. The number of anilines is 1. The van der Waals surface area contributed by atoms with Crippen LogP contribution in [0.4, 0.5) is 9.52 Å². The van der Waals surface area contributed by atoms with Crippen molar-refractivity contribution in [1.29, 1.82) is 0 Å². The summed E-state index contributed by atoms with van der Waals surface area (Å²) in [4.78, 5) is 22.6. The lowest BCUT2D eigenvalue weighted by atomic mass is 10.1. The Hall–Kier alpha value is -2.12. The van der Waals surface area contributed by atoms with E-state index in [1.807, 2.05) is 4.90 Å². The molecule has 2 heterocycles. The first-order chi connectivity index (χ1) is 14.0. The van der Waals surface area contributed by atoms with Crippen LogP contribution in [0.2, 0.25) is 0 Å². The predicted molar refractivity (Wildman–Crippen MR) is 120 cm³/mol. The number of thiazole rings is 1. The van der Waals surface area contributed by atoms with E-state index in [9.17, 15) is 9.18 Å². The van der Waals surface area contributed by atoms with E-state index in [4.69, 9.17) is 4.98 Å². The highest BCUT2D eigenvalue weighted by Crippen LogP contribution is 2.33. The van der Waals surface area contributed by atoms with Crippen molar-refractivity contribution in [2.75, 3.05) is 36.8 Å². The normalized spacial score (nSPS) is 14.6. The van der Waals surface area contributed by atoms with Crippen LogP contribution in [0.5, 0.6) is 0 Å². The molecular formula is C22H24FN3OS2. The Morgan fingerprint density at radius 3 is 2.45 bits per heavy atom. The lowest BCUT2D eigenvalue weighted by molar-refractivity contribution is -0.131. The molecule has 0 radical (unpaired) electrons. The third-order valence-electron chi connectivity index (χ3n) is 5.23. The van der Waals surface area contributed by atoms with E-state index < -0.39 is 0 Å². The third kappa shape index (κ3) is 4.56. The lowest BCUT2D eigenvalue weighted by Gasteiger charge is -2.34. The second-order valence-corrected chi connectivity index (χ2v) is 9.44. The van der Waals surface area contributed by atoms with Crippen molar-refractivity contribution in [3.05, 3.63) is 53.3 Å². The monoisotopic (exact) mass is 429 g/mol. The molecule has 0 atom stereocenters. The number of hydrogen-bond donors (Lipinski definition) is 0. The van der Waals surface area contributed by atoms with E-state index in [1.54, 1.807) is 35.2 Å². The van der Waals surface area contributed by atoms with Crippen molar-refractivity contribution in [2.24, 2.45) is 0 Å². The minimum Gasteiger partial charge on any atom is -0.345 e.